The summed E-state index contributed by atoms with van der Waals surface area (Å²) in [4.78, 5) is 30.3. The topological polar surface area (TPSA) is 192 Å². The van der Waals surface area contributed by atoms with Gasteiger partial charge in [0.05, 0.1) is 12.9 Å². The lowest BCUT2D eigenvalue weighted by Gasteiger charge is -2.16. The van der Waals surface area contributed by atoms with Gasteiger partial charge in [-0.2, -0.15) is 0 Å². The minimum Gasteiger partial charge on any atom is -0.508 e. The van der Waals surface area contributed by atoms with E-state index in [1.165, 1.54) is 17.2 Å². The normalized spacial score (nSPS) is 24.0. The minimum absolute atomic E-state index is 0.139. The molecule has 0 unspecified atom stereocenters. The minimum atomic E-state index is -4.76. The van der Waals surface area contributed by atoms with Crippen LogP contribution in [0.4, 0.5) is 5.82 Å². The summed E-state index contributed by atoms with van der Waals surface area (Å²) in [6.45, 7) is -0.256. The Morgan fingerprint density at radius 1 is 1.19 bits per heavy atom. The van der Waals surface area contributed by atoms with Gasteiger partial charge in [-0.05, 0) is 17.7 Å². The Morgan fingerprint density at radius 3 is 2.74 bits per heavy atom. The zero-order valence-electron chi connectivity index (χ0n) is 15.9. The number of phenolic OH excluding ortho intramolecular Hbond substituents is 1. The SMILES string of the molecule is O=P(O)(O)OC[C@H]1O[C@@H](n2cnc3c(NCc4cccc(O)c4)ncnc32)[C@@H](O)[C@H]1O. The van der Waals surface area contributed by atoms with Crippen molar-refractivity contribution in [2.75, 3.05) is 11.9 Å². The van der Waals surface area contributed by atoms with E-state index >= 15 is 0 Å². The smallest absolute Gasteiger partial charge is 0.469 e. The number of imidazole rings is 1. The van der Waals surface area contributed by atoms with Crippen LogP contribution in [0.15, 0.2) is 36.9 Å². The van der Waals surface area contributed by atoms with Gasteiger partial charge in [-0.25, -0.2) is 19.5 Å². The molecule has 6 N–H and O–H groups in total. The van der Waals surface area contributed by atoms with E-state index in [9.17, 15) is 19.9 Å². The molecule has 1 fully saturated rings. The van der Waals surface area contributed by atoms with Gasteiger partial charge < -0.3 is 35.2 Å². The molecule has 4 rings (SSSR count). The molecule has 0 radical (unpaired) electrons. The number of fused-ring (bicyclic) bond motifs is 1. The summed E-state index contributed by atoms with van der Waals surface area (Å²) in [5, 5.41) is 33.2. The van der Waals surface area contributed by atoms with Gasteiger partial charge in [0.2, 0.25) is 0 Å². The first kappa shape index (κ1) is 21.6. The van der Waals surface area contributed by atoms with Crippen molar-refractivity contribution in [3.63, 3.8) is 0 Å². The average Bonchev–Trinajstić information content (AvgIpc) is 3.26. The number of hydrogen-bond acceptors (Lipinski definition) is 10. The maximum Gasteiger partial charge on any atom is 0.469 e. The number of phosphoric acid groups is 1. The second kappa shape index (κ2) is 8.48. The van der Waals surface area contributed by atoms with Gasteiger partial charge in [0, 0.05) is 6.54 Å². The Kier molecular flexibility index (Phi) is 5.90. The highest BCUT2D eigenvalue weighted by atomic mass is 31.2. The van der Waals surface area contributed by atoms with Gasteiger partial charge in [0.1, 0.15) is 30.4 Å². The Hall–Kier alpha value is -2.64. The lowest BCUT2D eigenvalue weighted by atomic mass is 10.1. The number of aromatic hydroxyl groups is 1. The Balaban J connectivity index is 1.54. The van der Waals surface area contributed by atoms with E-state index in [0.29, 0.717) is 23.5 Å². The van der Waals surface area contributed by atoms with E-state index in [0.717, 1.165) is 5.56 Å². The summed E-state index contributed by atoms with van der Waals surface area (Å²) in [6.07, 6.45) is -2.50. The predicted molar refractivity (Wildman–Crippen MR) is 105 cm³/mol. The number of aromatic nitrogens is 4. The molecule has 1 aliphatic heterocycles. The Labute approximate surface area is 175 Å². The Morgan fingerprint density at radius 2 is 2.00 bits per heavy atom. The number of hydrogen-bond donors (Lipinski definition) is 6. The van der Waals surface area contributed by atoms with Gasteiger partial charge in [0.15, 0.2) is 23.2 Å². The quantitative estimate of drug-likeness (QED) is 0.260. The molecule has 1 aliphatic rings. The van der Waals surface area contributed by atoms with E-state index in [2.05, 4.69) is 24.8 Å². The summed E-state index contributed by atoms with van der Waals surface area (Å²) < 4.78 is 22.2. The van der Waals surface area contributed by atoms with Crippen molar-refractivity contribution in [3.05, 3.63) is 42.5 Å². The number of anilines is 1. The number of aliphatic hydroxyl groups excluding tert-OH is 2. The van der Waals surface area contributed by atoms with Gasteiger partial charge in [0.25, 0.3) is 0 Å². The maximum absolute atomic E-state index is 10.9. The number of nitrogens with one attached hydrogen (secondary N) is 1. The maximum atomic E-state index is 10.9. The van der Waals surface area contributed by atoms with Crippen LogP contribution in [-0.2, 0) is 20.4 Å². The predicted octanol–water partition coefficient (Wildman–Crippen LogP) is -0.128. The summed E-state index contributed by atoms with van der Waals surface area (Å²) in [5.74, 6) is 0.543. The fraction of sp³-hybridized carbons (Fsp3) is 0.353. The van der Waals surface area contributed by atoms with E-state index in [-0.39, 0.29) is 5.75 Å². The first-order chi connectivity index (χ1) is 14.7. The molecule has 0 amide bonds. The van der Waals surface area contributed by atoms with Crippen LogP contribution in [0.5, 0.6) is 5.75 Å². The largest absolute Gasteiger partial charge is 0.508 e. The van der Waals surface area contributed by atoms with Crippen LogP contribution < -0.4 is 5.32 Å². The molecule has 0 spiro atoms. The van der Waals surface area contributed by atoms with Crippen molar-refractivity contribution in [2.24, 2.45) is 0 Å². The Bertz CT molecular complexity index is 1120. The highest BCUT2D eigenvalue weighted by molar-refractivity contribution is 7.46. The molecule has 3 heterocycles. The third-order valence-electron chi connectivity index (χ3n) is 4.75. The van der Waals surface area contributed by atoms with Crippen molar-refractivity contribution in [3.8, 4) is 5.75 Å². The highest BCUT2D eigenvalue weighted by Crippen LogP contribution is 2.39. The number of aliphatic hydroxyl groups is 2. The monoisotopic (exact) mass is 453 g/mol. The van der Waals surface area contributed by atoms with E-state index in [1.54, 1.807) is 18.2 Å². The van der Waals surface area contributed by atoms with Crippen LogP contribution in [0.2, 0.25) is 0 Å². The number of benzene rings is 1. The lowest BCUT2D eigenvalue weighted by Crippen LogP contribution is -2.33. The fourth-order valence-corrected chi connectivity index (χ4v) is 3.63. The highest BCUT2D eigenvalue weighted by Gasteiger charge is 2.45. The van der Waals surface area contributed by atoms with Crippen molar-refractivity contribution < 1.29 is 38.9 Å². The average molecular weight is 453 g/mol. The molecule has 14 heteroatoms. The number of rotatable bonds is 7. The van der Waals surface area contributed by atoms with Gasteiger partial charge in [-0.1, -0.05) is 12.1 Å². The molecule has 0 saturated carbocycles. The van der Waals surface area contributed by atoms with Crippen molar-refractivity contribution in [1.82, 2.24) is 19.5 Å². The summed E-state index contributed by atoms with van der Waals surface area (Å²) >= 11 is 0. The molecule has 1 aromatic carbocycles. The number of phenols is 1. The molecule has 166 valence electrons. The molecular weight excluding hydrogens is 433 g/mol. The first-order valence-corrected chi connectivity index (χ1v) is 10.7. The third-order valence-corrected chi connectivity index (χ3v) is 5.23. The zero-order chi connectivity index (χ0) is 22.2. The zero-order valence-corrected chi connectivity index (χ0v) is 16.8. The van der Waals surface area contributed by atoms with Crippen molar-refractivity contribution in [1.29, 1.82) is 0 Å². The third kappa shape index (κ3) is 4.67. The summed E-state index contributed by atoms with van der Waals surface area (Å²) in [7, 11) is -4.76. The second-order valence-electron chi connectivity index (χ2n) is 6.90. The van der Waals surface area contributed by atoms with E-state index in [1.807, 2.05) is 6.07 Å². The van der Waals surface area contributed by atoms with Crippen LogP contribution in [0.3, 0.4) is 0 Å². The van der Waals surface area contributed by atoms with E-state index in [4.69, 9.17) is 14.5 Å². The fourth-order valence-electron chi connectivity index (χ4n) is 3.29. The van der Waals surface area contributed by atoms with Crippen LogP contribution in [0, 0.1) is 0 Å². The first-order valence-electron chi connectivity index (χ1n) is 9.14. The molecule has 4 atom stereocenters. The van der Waals surface area contributed by atoms with Crippen molar-refractivity contribution in [2.45, 2.75) is 31.1 Å². The van der Waals surface area contributed by atoms with E-state index < -0.39 is 39.0 Å². The number of ether oxygens (including phenoxy) is 1. The number of phosphoric ester groups is 1. The lowest BCUT2D eigenvalue weighted by molar-refractivity contribution is -0.0504. The molecule has 3 aromatic rings. The number of nitrogens with zero attached hydrogens (tertiary/aromatic N) is 4. The summed E-state index contributed by atoms with van der Waals surface area (Å²) in [5.41, 5.74) is 1.50. The van der Waals surface area contributed by atoms with Crippen LogP contribution in [-0.4, -0.2) is 69.5 Å². The van der Waals surface area contributed by atoms with Gasteiger partial charge in [-0.15, -0.1) is 0 Å². The molecule has 31 heavy (non-hydrogen) atoms. The van der Waals surface area contributed by atoms with Crippen LogP contribution >= 0.6 is 7.82 Å². The van der Waals surface area contributed by atoms with Crippen LogP contribution in [0.25, 0.3) is 11.2 Å². The standard InChI is InChI=1S/C17H20N5O8P/c23-10-3-1-2-9(4-10)5-18-15-12-16(20-7-19-15)22(8-21-12)17-14(25)13(24)11(30-17)6-29-31(26,27)28/h1-4,7-8,11,13-14,17,23-25H,5-6H2,(H,18,19,20)(H2,26,27,28)/t11-,13+,14+,17-/m1/s1. The molecule has 0 bridgehead atoms. The van der Waals surface area contributed by atoms with Gasteiger partial charge in [-0.3, -0.25) is 9.09 Å². The summed E-state index contributed by atoms with van der Waals surface area (Å²) in [6, 6.07) is 6.71. The van der Waals surface area contributed by atoms with Gasteiger partial charge >= 0.3 is 7.82 Å². The molecule has 1 saturated heterocycles. The molecular formula is C17H20N5O8P. The molecule has 2 aromatic heterocycles. The second-order valence-corrected chi connectivity index (χ2v) is 8.14. The molecule has 13 nitrogen and oxygen atoms in total. The van der Waals surface area contributed by atoms with Crippen LogP contribution in [0.1, 0.15) is 11.8 Å². The van der Waals surface area contributed by atoms with Crippen molar-refractivity contribution >= 4 is 24.8 Å². The molecule has 0 aliphatic carbocycles.